The number of nitrogens with two attached hydrogens (primary N) is 1. The molecule has 1 atom stereocenters. The molecular weight excluding hydrogens is 376 g/mol. The van der Waals surface area contributed by atoms with Crippen molar-refractivity contribution >= 4 is 33.4 Å². The van der Waals surface area contributed by atoms with E-state index in [-0.39, 0.29) is 12.5 Å². The first kappa shape index (κ1) is 18.7. The lowest BCUT2D eigenvalue weighted by Gasteiger charge is -2.33. The first-order valence-corrected chi connectivity index (χ1v) is 10.4. The highest BCUT2D eigenvalue weighted by molar-refractivity contribution is 5.83. The molecule has 1 aliphatic rings. The fourth-order valence-electron chi connectivity index (χ4n) is 4.50. The van der Waals surface area contributed by atoms with Crippen molar-refractivity contribution in [2.24, 2.45) is 5.73 Å². The number of carbonyl (C=O) groups excluding carboxylic acids is 1. The summed E-state index contributed by atoms with van der Waals surface area (Å²) in [5.41, 5.74) is 9.89. The molecule has 2 aromatic heterocycles. The highest BCUT2D eigenvalue weighted by Gasteiger charge is 2.20. The van der Waals surface area contributed by atoms with E-state index < -0.39 is 0 Å². The fraction of sp³-hybridized carbons (Fsp3) is 0.304. The maximum atomic E-state index is 11.2. The van der Waals surface area contributed by atoms with Gasteiger partial charge in [0.1, 0.15) is 6.54 Å². The molecule has 154 valence electrons. The lowest BCUT2D eigenvalue weighted by atomic mass is 10.0. The minimum atomic E-state index is -0.324. The summed E-state index contributed by atoms with van der Waals surface area (Å²) in [5, 5.41) is 13.1. The number of piperidine rings is 1. The molecule has 30 heavy (non-hydrogen) atoms. The normalized spacial score (nSPS) is 17.5. The Labute approximate surface area is 174 Å². The van der Waals surface area contributed by atoms with Crippen LogP contribution in [0.4, 0.5) is 5.69 Å². The molecule has 7 nitrogen and oxygen atoms in total. The maximum Gasteiger partial charge on any atom is 0.237 e. The molecule has 4 aromatic rings. The van der Waals surface area contributed by atoms with Crippen molar-refractivity contribution in [2.75, 3.05) is 18.4 Å². The van der Waals surface area contributed by atoms with E-state index in [1.54, 1.807) is 0 Å². The highest BCUT2D eigenvalue weighted by atomic mass is 16.1. The Morgan fingerprint density at radius 3 is 3.03 bits per heavy atom. The molecule has 0 aliphatic carbocycles. The molecule has 1 fully saturated rings. The molecule has 1 unspecified atom stereocenters. The third-order valence-corrected chi connectivity index (χ3v) is 5.88. The number of H-pyrrole nitrogens is 1. The molecule has 1 saturated heterocycles. The van der Waals surface area contributed by atoms with Crippen LogP contribution in [0.5, 0.6) is 0 Å². The minimum absolute atomic E-state index is 0.215. The van der Waals surface area contributed by atoms with Gasteiger partial charge >= 0.3 is 0 Å². The first-order valence-electron chi connectivity index (χ1n) is 10.4. The van der Waals surface area contributed by atoms with Crippen LogP contribution >= 0.6 is 0 Å². The second-order valence-corrected chi connectivity index (χ2v) is 8.19. The number of anilines is 1. The van der Waals surface area contributed by atoms with Crippen LogP contribution in [0.25, 0.3) is 21.8 Å². The smallest absolute Gasteiger partial charge is 0.237 e. The number of rotatable bonds is 6. The van der Waals surface area contributed by atoms with E-state index in [4.69, 9.17) is 5.73 Å². The van der Waals surface area contributed by atoms with Gasteiger partial charge in [-0.15, -0.1) is 0 Å². The number of benzene rings is 2. The zero-order chi connectivity index (χ0) is 20.5. The van der Waals surface area contributed by atoms with Gasteiger partial charge < -0.3 is 15.6 Å². The summed E-state index contributed by atoms with van der Waals surface area (Å²) in [6.45, 7) is 3.27. The Kier molecular flexibility index (Phi) is 4.88. The van der Waals surface area contributed by atoms with Crippen molar-refractivity contribution in [1.29, 1.82) is 0 Å². The van der Waals surface area contributed by atoms with Gasteiger partial charge in [-0.1, -0.05) is 6.07 Å². The van der Waals surface area contributed by atoms with Crippen molar-refractivity contribution in [3.63, 3.8) is 0 Å². The number of hydrogen-bond donors (Lipinski definition) is 3. The van der Waals surface area contributed by atoms with Gasteiger partial charge in [0, 0.05) is 41.9 Å². The summed E-state index contributed by atoms with van der Waals surface area (Å²) >= 11 is 0. The second kappa shape index (κ2) is 7.84. The van der Waals surface area contributed by atoms with Crippen LogP contribution in [-0.2, 0) is 17.9 Å². The summed E-state index contributed by atoms with van der Waals surface area (Å²) in [4.78, 5) is 13.7. The van der Waals surface area contributed by atoms with Crippen LogP contribution in [0.1, 0.15) is 18.4 Å². The lowest BCUT2D eigenvalue weighted by Crippen LogP contribution is -2.41. The van der Waals surface area contributed by atoms with Crippen LogP contribution in [0.15, 0.2) is 54.9 Å². The summed E-state index contributed by atoms with van der Waals surface area (Å²) in [5.74, 6) is -0.324. The van der Waals surface area contributed by atoms with Crippen molar-refractivity contribution < 1.29 is 4.79 Å². The van der Waals surface area contributed by atoms with Crippen molar-refractivity contribution in [3.8, 4) is 0 Å². The molecule has 0 saturated carbocycles. The number of amides is 1. The largest absolute Gasteiger partial charge is 0.381 e. The third-order valence-electron chi connectivity index (χ3n) is 5.88. The molecule has 3 heterocycles. The molecule has 0 radical (unpaired) electrons. The molecule has 0 spiro atoms. The number of primary amides is 1. The average molecular weight is 403 g/mol. The first-order chi connectivity index (χ1) is 14.6. The SMILES string of the molecule is NC(=O)Cn1ccc2cc(CN3CCCC(Nc4ccc5[nH]ncc5c4)C3)ccc21. The van der Waals surface area contributed by atoms with E-state index >= 15 is 0 Å². The van der Waals surface area contributed by atoms with Gasteiger partial charge in [-0.2, -0.15) is 5.10 Å². The lowest BCUT2D eigenvalue weighted by molar-refractivity contribution is -0.118. The summed E-state index contributed by atoms with van der Waals surface area (Å²) in [6, 6.07) is 15.3. The summed E-state index contributed by atoms with van der Waals surface area (Å²) < 4.78 is 1.90. The van der Waals surface area contributed by atoms with E-state index in [1.165, 1.54) is 18.4 Å². The number of nitrogens with zero attached hydrogens (tertiary/aromatic N) is 3. The number of hydrogen-bond acceptors (Lipinski definition) is 4. The summed E-state index contributed by atoms with van der Waals surface area (Å²) in [6.07, 6.45) is 6.15. The maximum absolute atomic E-state index is 11.2. The van der Waals surface area contributed by atoms with Gasteiger partial charge in [-0.3, -0.25) is 14.8 Å². The van der Waals surface area contributed by atoms with E-state index in [2.05, 4.69) is 56.8 Å². The number of carbonyl (C=O) groups is 1. The van der Waals surface area contributed by atoms with Gasteiger partial charge in [0.15, 0.2) is 0 Å². The van der Waals surface area contributed by atoms with Gasteiger partial charge in [0.2, 0.25) is 5.91 Å². The quantitative estimate of drug-likeness (QED) is 0.462. The molecule has 7 heteroatoms. The van der Waals surface area contributed by atoms with E-state index in [1.807, 2.05) is 23.0 Å². The molecule has 2 aromatic carbocycles. The molecule has 0 bridgehead atoms. The average Bonchev–Trinajstić information content (AvgIpc) is 3.34. The molecular formula is C23H26N6O. The Morgan fingerprint density at radius 2 is 2.13 bits per heavy atom. The third kappa shape index (κ3) is 3.89. The monoisotopic (exact) mass is 402 g/mol. The zero-order valence-electron chi connectivity index (χ0n) is 16.8. The van der Waals surface area contributed by atoms with Gasteiger partial charge in [0.25, 0.3) is 0 Å². The molecule has 1 amide bonds. The standard InChI is InChI=1S/C23H26N6O/c24-23(30)15-29-9-7-17-10-16(3-6-22(17)29)13-28-8-1-2-20(14-28)26-19-4-5-21-18(11-19)12-25-27-21/h3-7,9-12,20,26H,1-2,8,13-15H2,(H2,24,30)(H,25,27). The Balaban J connectivity index is 1.25. The van der Waals surface area contributed by atoms with Crippen LogP contribution in [0.2, 0.25) is 0 Å². The number of likely N-dealkylation sites (tertiary alicyclic amines) is 1. The Morgan fingerprint density at radius 1 is 1.20 bits per heavy atom. The topological polar surface area (TPSA) is 92.0 Å². The van der Waals surface area contributed by atoms with Crippen LogP contribution in [-0.4, -0.2) is 44.7 Å². The predicted molar refractivity (Wildman–Crippen MR) is 119 cm³/mol. The Bertz CT molecular complexity index is 1190. The number of aromatic amines is 1. The fourth-order valence-corrected chi connectivity index (χ4v) is 4.50. The van der Waals surface area contributed by atoms with Crippen LogP contribution in [0.3, 0.4) is 0 Å². The van der Waals surface area contributed by atoms with Crippen LogP contribution in [0, 0.1) is 0 Å². The van der Waals surface area contributed by atoms with E-state index in [9.17, 15) is 4.79 Å². The van der Waals surface area contributed by atoms with E-state index in [0.29, 0.717) is 6.04 Å². The van der Waals surface area contributed by atoms with Gasteiger partial charge in [-0.25, -0.2) is 0 Å². The molecule has 5 rings (SSSR count). The number of nitrogens with one attached hydrogen (secondary N) is 2. The minimum Gasteiger partial charge on any atom is -0.381 e. The van der Waals surface area contributed by atoms with Crippen molar-refractivity contribution in [3.05, 3.63) is 60.4 Å². The van der Waals surface area contributed by atoms with Crippen LogP contribution < -0.4 is 11.1 Å². The van der Waals surface area contributed by atoms with Gasteiger partial charge in [0.05, 0.1) is 11.7 Å². The zero-order valence-corrected chi connectivity index (χ0v) is 16.8. The number of fused-ring (bicyclic) bond motifs is 2. The van der Waals surface area contributed by atoms with Gasteiger partial charge in [-0.05, 0) is 66.7 Å². The predicted octanol–water partition coefficient (Wildman–Crippen LogP) is 3.08. The van der Waals surface area contributed by atoms with E-state index in [0.717, 1.165) is 47.1 Å². The Hall–Kier alpha value is -3.32. The number of aromatic nitrogens is 3. The summed E-state index contributed by atoms with van der Waals surface area (Å²) in [7, 11) is 0. The highest BCUT2D eigenvalue weighted by Crippen LogP contribution is 2.23. The molecule has 1 aliphatic heterocycles. The second-order valence-electron chi connectivity index (χ2n) is 8.19. The van der Waals surface area contributed by atoms with Crippen molar-refractivity contribution in [1.82, 2.24) is 19.7 Å². The molecule has 4 N–H and O–H groups in total. The van der Waals surface area contributed by atoms with Crippen molar-refractivity contribution in [2.45, 2.75) is 32.0 Å².